The number of hydrogen-bond donors (Lipinski definition) is 0. The second kappa shape index (κ2) is 5.19. The number of rotatable bonds is 2. The van der Waals surface area contributed by atoms with Gasteiger partial charge < -0.3 is 14.4 Å². The van der Waals surface area contributed by atoms with Gasteiger partial charge in [-0.25, -0.2) is 0 Å². The number of anilines is 1. The van der Waals surface area contributed by atoms with Crippen molar-refractivity contribution in [2.75, 3.05) is 31.7 Å². The third-order valence-corrected chi connectivity index (χ3v) is 3.89. The molecule has 0 amide bonds. The second-order valence-corrected chi connectivity index (χ2v) is 6.20. The quantitative estimate of drug-likeness (QED) is 0.849. The van der Waals surface area contributed by atoms with Crippen molar-refractivity contribution < 1.29 is 9.47 Å². The van der Waals surface area contributed by atoms with Gasteiger partial charge in [0.15, 0.2) is 0 Å². The molecule has 2 aromatic rings. The van der Waals surface area contributed by atoms with Gasteiger partial charge in [0, 0.05) is 35.9 Å². The molecule has 0 spiro atoms. The van der Waals surface area contributed by atoms with Gasteiger partial charge in [0.2, 0.25) is 0 Å². The number of benzene rings is 1. The van der Waals surface area contributed by atoms with Crippen LogP contribution in [0.15, 0.2) is 24.3 Å². The van der Waals surface area contributed by atoms with Gasteiger partial charge in [-0.3, -0.25) is 4.98 Å². The highest BCUT2D eigenvalue weighted by Crippen LogP contribution is 2.31. The van der Waals surface area contributed by atoms with E-state index in [-0.39, 0.29) is 5.60 Å². The summed E-state index contributed by atoms with van der Waals surface area (Å²) in [4.78, 5) is 6.94. The monoisotopic (exact) mass is 286 g/mol. The van der Waals surface area contributed by atoms with Gasteiger partial charge in [-0.2, -0.15) is 0 Å². The molecular formula is C17H22N2O2. The number of methoxy groups -OCH3 is 1. The van der Waals surface area contributed by atoms with Crippen LogP contribution in [0.4, 0.5) is 5.69 Å². The largest absolute Gasteiger partial charge is 0.496 e. The fourth-order valence-corrected chi connectivity index (χ4v) is 2.91. The maximum absolute atomic E-state index is 5.79. The molecule has 1 aliphatic rings. The van der Waals surface area contributed by atoms with Crippen LogP contribution >= 0.6 is 0 Å². The van der Waals surface area contributed by atoms with E-state index in [1.54, 1.807) is 7.11 Å². The highest BCUT2D eigenvalue weighted by atomic mass is 16.5. The Morgan fingerprint density at radius 2 is 2.10 bits per heavy atom. The standard InChI is InChI=1S/C17H22N2O2/c1-12-9-16(20-4)14-10-13(5-6-15(14)18-12)19-7-8-21-17(2,3)11-19/h5-6,9-10H,7-8,11H2,1-4H3. The minimum atomic E-state index is -0.108. The normalized spacial score (nSPS) is 18.0. The maximum atomic E-state index is 5.79. The van der Waals surface area contributed by atoms with Crippen molar-refractivity contribution in [3.63, 3.8) is 0 Å². The predicted molar refractivity (Wildman–Crippen MR) is 85.3 cm³/mol. The van der Waals surface area contributed by atoms with Crippen molar-refractivity contribution in [1.29, 1.82) is 0 Å². The van der Waals surface area contributed by atoms with Gasteiger partial charge >= 0.3 is 0 Å². The Bertz CT molecular complexity index is 667. The SMILES string of the molecule is COc1cc(C)nc2ccc(N3CCOC(C)(C)C3)cc12. The first-order valence-electron chi connectivity index (χ1n) is 7.33. The van der Waals surface area contributed by atoms with Crippen molar-refractivity contribution in [3.8, 4) is 5.75 Å². The number of fused-ring (bicyclic) bond motifs is 1. The van der Waals surface area contributed by atoms with Gasteiger partial charge in [-0.05, 0) is 39.0 Å². The summed E-state index contributed by atoms with van der Waals surface area (Å²) in [6, 6.07) is 8.36. The minimum absolute atomic E-state index is 0.108. The number of aryl methyl sites for hydroxylation is 1. The smallest absolute Gasteiger partial charge is 0.130 e. The number of aromatic nitrogens is 1. The molecule has 0 saturated carbocycles. The number of hydrogen-bond acceptors (Lipinski definition) is 4. The van der Waals surface area contributed by atoms with Gasteiger partial charge in [0.25, 0.3) is 0 Å². The molecule has 1 aromatic heterocycles. The van der Waals surface area contributed by atoms with E-state index in [0.29, 0.717) is 0 Å². The molecule has 0 bridgehead atoms. The first-order chi connectivity index (χ1) is 9.98. The van der Waals surface area contributed by atoms with Crippen molar-refractivity contribution in [2.45, 2.75) is 26.4 Å². The van der Waals surface area contributed by atoms with Crippen molar-refractivity contribution in [3.05, 3.63) is 30.0 Å². The molecule has 0 radical (unpaired) electrons. The molecule has 3 rings (SSSR count). The molecule has 1 aliphatic heterocycles. The lowest BCUT2D eigenvalue weighted by atomic mass is 10.1. The molecule has 0 atom stereocenters. The Morgan fingerprint density at radius 1 is 1.29 bits per heavy atom. The lowest BCUT2D eigenvalue weighted by Crippen LogP contribution is -2.48. The topological polar surface area (TPSA) is 34.6 Å². The van der Waals surface area contributed by atoms with Crippen LogP contribution in [-0.2, 0) is 4.74 Å². The van der Waals surface area contributed by atoms with E-state index in [1.807, 2.05) is 13.0 Å². The summed E-state index contributed by atoms with van der Waals surface area (Å²) < 4.78 is 11.3. The first-order valence-corrected chi connectivity index (χ1v) is 7.33. The van der Waals surface area contributed by atoms with Crippen LogP contribution in [0.1, 0.15) is 19.5 Å². The van der Waals surface area contributed by atoms with Crippen molar-refractivity contribution in [2.24, 2.45) is 0 Å². The molecule has 1 saturated heterocycles. The van der Waals surface area contributed by atoms with Gasteiger partial charge in [-0.15, -0.1) is 0 Å². The summed E-state index contributed by atoms with van der Waals surface area (Å²) in [5.74, 6) is 0.881. The number of nitrogens with zero attached hydrogens (tertiary/aromatic N) is 2. The average molecular weight is 286 g/mol. The Balaban J connectivity index is 2.02. The summed E-state index contributed by atoms with van der Waals surface area (Å²) in [5.41, 5.74) is 3.04. The molecule has 112 valence electrons. The van der Waals surface area contributed by atoms with Crippen LogP contribution in [0.3, 0.4) is 0 Å². The van der Waals surface area contributed by atoms with Gasteiger partial charge in [-0.1, -0.05) is 0 Å². The summed E-state index contributed by atoms with van der Waals surface area (Å²) in [7, 11) is 1.71. The number of ether oxygens (including phenoxy) is 2. The Labute approximate surface area is 125 Å². The highest BCUT2D eigenvalue weighted by molar-refractivity contribution is 5.88. The summed E-state index contributed by atoms with van der Waals surface area (Å²) >= 11 is 0. The molecule has 4 nitrogen and oxygen atoms in total. The van der Waals surface area contributed by atoms with E-state index < -0.39 is 0 Å². The molecule has 21 heavy (non-hydrogen) atoms. The first kappa shape index (κ1) is 14.1. The van der Waals surface area contributed by atoms with Crippen LogP contribution < -0.4 is 9.64 Å². The van der Waals surface area contributed by atoms with Crippen molar-refractivity contribution >= 4 is 16.6 Å². The molecule has 4 heteroatoms. The van der Waals surface area contributed by atoms with E-state index in [2.05, 4.69) is 41.9 Å². The Hall–Kier alpha value is -1.81. The molecule has 0 aliphatic carbocycles. The molecular weight excluding hydrogens is 264 g/mol. The summed E-state index contributed by atoms with van der Waals surface area (Å²) in [5, 5.41) is 1.06. The molecule has 1 fully saturated rings. The van der Waals surface area contributed by atoms with Gasteiger partial charge in [0.05, 0.1) is 24.8 Å². The lowest BCUT2D eigenvalue weighted by molar-refractivity contribution is -0.0276. The van der Waals surface area contributed by atoms with Gasteiger partial charge in [0.1, 0.15) is 5.75 Å². The van der Waals surface area contributed by atoms with E-state index in [9.17, 15) is 0 Å². The fourth-order valence-electron chi connectivity index (χ4n) is 2.91. The summed E-state index contributed by atoms with van der Waals surface area (Å²) in [6.45, 7) is 8.81. The third kappa shape index (κ3) is 2.81. The Morgan fingerprint density at radius 3 is 2.81 bits per heavy atom. The van der Waals surface area contributed by atoms with Crippen molar-refractivity contribution in [1.82, 2.24) is 4.98 Å². The molecule has 0 N–H and O–H groups in total. The Kier molecular flexibility index (Phi) is 3.49. The van der Waals surface area contributed by atoms with E-state index in [0.717, 1.165) is 42.0 Å². The zero-order valence-electron chi connectivity index (χ0n) is 13.1. The van der Waals surface area contributed by atoms with Crippen LogP contribution in [0.2, 0.25) is 0 Å². The van der Waals surface area contributed by atoms with E-state index >= 15 is 0 Å². The average Bonchev–Trinajstić information content (AvgIpc) is 2.44. The number of morpholine rings is 1. The zero-order chi connectivity index (χ0) is 15.0. The zero-order valence-corrected chi connectivity index (χ0v) is 13.1. The number of pyridine rings is 1. The second-order valence-electron chi connectivity index (χ2n) is 6.20. The van der Waals surface area contributed by atoms with Crippen LogP contribution in [0.5, 0.6) is 5.75 Å². The fraction of sp³-hybridized carbons (Fsp3) is 0.471. The molecule has 1 aromatic carbocycles. The van der Waals surface area contributed by atoms with Crippen LogP contribution in [0, 0.1) is 6.92 Å². The third-order valence-electron chi connectivity index (χ3n) is 3.89. The molecule has 2 heterocycles. The van der Waals surface area contributed by atoms with Crippen LogP contribution in [0.25, 0.3) is 10.9 Å². The lowest BCUT2D eigenvalue weighted by Gasteiger charge is -2.39. The van der Waals surface area contributed by atoms with E-state index in [4.69, 9.17) is 9.47 Å². The van der Waals surface area contributed by atoms with Crippen LogP contribution in [-0.4, -0.2) is 37.4 Å². The predicted octanol–water partition coefficient (Wildman–Crippen LogP) is 3.17. The van der Waals surface area contributed by atoms with E-state index in [1.165, 1.54) is 5.69 Å². The molecule has 0 unspecified atom stereocenters. The minimum Gasteiger partial charge on any atom is -0.496 e. The maximum Gasteiger partial charge on any atom is 0.130 e. The highest BCUT2D eigenvalue weighted by Gasteiger charge is 2.27. The summed E-state index contributed by atoms with van der Waals surface area (Å²) in [6.07, 6.45) is 0.